The van der Waals surface area contributed by atoms with Crippen LogP contribution in [0.4, 0.5) is 0 Å². The Morgan fingerprint density at radius 1 is 1.53 bits per heavy atom. The summed E-state index contributed by atoms with van der Waals surface area (Å²) < 4.78 is 10.4. The predicted molar refractivity (Wildman–Crippen MR) is 68.3 cm³/mol. The van der Waals surface area contributed by atoms with Crippen LogP contribution in [-0.4, -0.2) is 56.4 Å². The highest BCUT2D eigenvalue weighted by molar-refractivity contribution is 5.85. The fraction of sp³-hybridized carbons (Fsp3) is 0.909. The zero-order chi connectivity index (χ0) is 12.0. The molecule has 1 rings (SSSR count). The van der Waals surface area contributed by atoms with Crippen molar-refractivity contribution in [2.45, 2.75) is 31.9 Å². The van der Waals surface area contributed by atoms with Gasteiger partial charge in [-0.1, -0.05) is 0 Å². The second-order valence-electron chi connectivity index (χ2n) is 4.00. The summed E-state index contributed by atoms with van der Waals surface area (Å²) in [5, 5.41) is 0. The minimum absolute atomic E-state index is 0. The Hall–Kier alpha value is -0.360. The van der Waals surface area contributed by atoms with Crippen molar-refractivity contribution < 1.29 is 14.3 Å². The lowest BCUT2D eigenvalue weighted by Gasteiger charge is -2.38. The first kappa shape index (κ1) is 16.6. The molecular weight excluding hydrogens is 244 g/mol. The molecule has 1 amide bonds. The molecule has 0 aromatic carbocycles. The number of halogens is 1. The van der Waals surface area contributed by atoms with Crippen molar-refractivity contribution in [3.8, 4) is 0 Å². The first-order valence-electron chi connectivity index (χ1n) is 5.83. The Morgan fingerprint density at radius 3 is 2.76 bits per heavy atom. The number of methoxy groups -OCH3 is 1. The summed E-state index contributed by atoms with van der Waals surface area (Å²) in [7, 11) is 1.70. The number of amides is 1. The van der Waals surface area contributed by atoms with Crippen molar-refractivity contribution in [1.29, 1.82) is 0 Å². The molecule has 0 bridgehead atoms. The van der Waals surface area contributed by atoms with Gasteiger partial charge in [0.15, 0.2) is 0 Å². The van der Waals surface area contributed by atoms with E-state index in [1.54, 1.807) is 7.11 Å². The zero-order valence-corrected chi connectivity index (χ0v) is 11.4. The van der Waals surface area contributed by atoms with Crippen molar-refractivity contribution in [2.24, 2.45) is 5.73 Å². The van der Waals surface area contributed by atoms with Crippen LogP contribution in [0.5, 0.6) is 0 Å². The van der Waals surface area contributed by atoms with Gasteiger partial charge >= 0.3 is 0 Å². The van der Waals surface area contributed by atoms with Crippen molar-refractivity contribution >= 4 is 18.3 Å². The number of carbonyl (C=O) groups excluding carboxylic acids is 1. The number of carbonyl (C=O) groups is 1. The van der Waals surface area contributed by atoms with Crippen LogP contribution in [0.15, 0.2) is 0 Å². The molecular formula is C11H23ClN2O3. The lowest BCUT2D eigenvalue weighted by Crippen LogP contribution is -2.52. The van der Waals surface area contributed by atoms with Gasteiger partial charge in [0.2, 0.25) is 5.91 Å². The molecule has 0 spiro atoms. The fourth-order valence-electron chi connectivity index (χ4n) is 2.05. The first-order valence-corrected chi connectivity index (χ1v) is 5.83. The molecule has 102 valence electrons. The van der Waals surface area contributed by atoms with E-state index in [2.05, 4.69) is 0 Å². The second kappa shape index (κ2) is 8.69. The number of ether oxygens (including phenoxy) is 2. The minimum Gasteiger partial charge on any atom is -0.381 e. The standard InChI is InChI=1S/C11H22N2O3.ClH/c1-3-16-8-11(14)13-5-4-10(15-2)6-9(13)7-12;/h9-10H,3-8,12H2,1-2H3;1H. The molecule has 0 radical (unpaired) electrons. The van der Waals surface area contributed by atoms with Gasteiger partial charge in [0, 0.05) is 32.8 Å². The van der Waals surface area contributed by atoms with Crippen LogP contribution in [0.25, 0.3) is 0 Å². The van der Waals surface area contributed by atoms with Crippen LogP contribution in [0.1, 0.15) is 19.8 Å². The van der Waals surface area contributed by atoms with Crippen LogP contribution in [0.3, 0.4) is 0 Å². The maximum absolute atomic E-state index is 11.8. The summed E-state index contributed by atoms with van der Waals surface area (Å²) in [5.41, 5.74) is 5.69. The number of hydrogen-bond acceptors (Lipinski definition) is 4. The summed E-state index contributed by atoms with van der Waals surface area (Å²) in [5.74, 6) is 0.0341. The highest BCUT2D eigenvalue weighted by Gasteiger charge is 2.30. The molecule has 1 saturated heterocycles. The molecule has 6 heteroatoms. The van der Waals surface area contributed by atoms with Crippen molar-refractivity contribution in [1.82, 2.24) is 4.90 Å². The molecule has 17 heavy (non-hydrogen) atoms. The van der Waals surface area contributed by atoms with Crippen molar-refractivity contribution in [3.05, 3.63) is 0 Å². The minimum atomic E-state index is 0. The van der Waals surface area contributed by atoms with Gasteiger partial charge in [0.1, 0.15) is 6.61 Å². The van der Waals surface area contributed by atoms with Gasteiger partial charge in [-0.2, -0.15) is 0 Å². The predicted octanol–water partition coefficient (Wildman–Crippen LogP) is 0.409. The average Bonchev–Trinajstić information content (AvgIpc) is 2.34. The molecule has 0 aromatic heterocycles. The van der Waals surface area contributed by atoms with Gasteiger partial charge < -0.3 is 20.1 Å². The molecule has 0 aromatic rings. The van der Waals surface area contributed by atoms with Gasteiger partial charge in [-0.25, -0.2) is 0 Å². The number of rotatable bonds is 5. The van der Waals surface area contributed by atoms with Crippen molar-refractivity contribution in [3.63, 3.8) is 0 Å². The van der Waals surface area contributed by atoms with Gasteiger partial charge in [-0.05, 0) is 19.8 Å². The molecule has 2 N–H and O–H groups in total. The van der Waals surface area contributed by atoms with Crippen LogP contribution in [0.2, 0.25) is 0 Å². The van der Waals surface area contributed by atoms with Crippen LogP contribution < -0.4 is 5.73 Å². The average molecular weight is 267 g/mol. The van der Waals surface area contributed by atoms with E-state index in [0.29, 0.717) is 19.7 Å². The molecule has 1 fully saturated rings. The molecule has 1 heterocycles. The van der Waals surface area contributed by atoms with E-state index in [9.17, 15) is 4.79 Å². The second-order valence-corrected chi connectivity index (χ2v) is 4.00. The summed E-state index contributed by atoms with van der Waals surface area (Å²) in [4.78, 5) is 13.7. The highest BCUT2D eigenvalue weighted by atomic mass is 35.5. The molecule has 1 aliphatic rings. The van der Waals surface area contributed by atoms with Gasteiger partial charge in [-0.15, -0.1) is 12.4 Å². The van der Waals surface area contributed by atoms with Gasteiger partial charge in [0.25, 0.3) is 0 Å². The summed E-state index contributed by atoms with van der Waals surface area (Å²) in [6.45, 7) is 3.80. The monoisotopic (exact) mass is 266 g/mol. The lowest BCUT2D eigenvalue weighted by atomic mass is 9.99. The Morgan fingerprint density at radius 2 is 2.24 bits per heavy atom. The zero-order valence-electron chi connectivity index (χ0n) is 10.6. The van der Waals surface area contributed by atoms with Crippen LogP contribution >= 0.6 is 12.4 Å². The third-order valence-electron chi connectivity index (χ3n) is 3.02. The SMILES string of the molecule is CCOCC(=O)N1CCC(OC)CC1CN.Cl. The Kier molecular flexibility index (Phi) is 8.51. The quantitative estimate of drug-likeness (QED) is 0.783. The van der Waals surface area contributed by atoms with Crippen LogP contribution in [-0.2, 0) is 14.3 Å². The maximum atomic E-state index is 11.8. The van der Waals surface area contributed by atoms with Crippen molar-refractivity contribution in [2.75, 3.05) is 33.4 Å². The first-order chi connectivity index (χ1) is 7.72. The normalized spacial score (nSPS) is 24.3. The Bertz CT molecular complexity index is 229. The number of nitrogens with zero attached hydrogens (tertiary/aromatic N) is 1. The van der Waals surface area contributed by atoms with E-state index in [1.807, 2.05) is 11.8 Å². The largest absolute Gasteiger partial charge is 0.381 e. The molecule has 0 saturated carbocycles. The smallest absolute Gasteiger partial charge is 0.248 e. The Labute approximate surface area is 109 Å². The summed E-state index contributed by atoms with van der Waals surface area (Å²) >= 11 is 0. The third-order valence-corrected chi connectivity index (χ3v) is 3.02. The molecule has 0 aliphatic carbocycles. The number of likely N-dealkylation sites (tertiary alicyclic amines) is 1. The summed E-state index contributed by atoms with van der Waals surface area (Å²) in [6, 6.07) is 0.0895. The molecule has 2 unspecified atom stereocenters. The highest BCUT2D eigenvalue weighted by Crippen LogP contribution is 2.19. The van der Waals surface area contributed by atoms with E-state index in [1.165, 1.54) is 0 Å². The number of hydrogen-bond donors (Lipinski definition) is 1. The van der Waals surface area contributed by atoms with Gasteiger partial charge in [-0.3, -0.25) is 4.79 Å². The van der Waals surface area contributed by atoms with Gasteiger partial charge in [0.05, 0.1) is 6.10 Å². The molecule has 5 nitrogen and oxygen atoms in total. The van der Waals surface area contributed by atoms with E-state index in [-0.39, 0.29) is 37.1 Å². The maximum Gasteiger partial charge on any atom is 0.248 e. The molecule has 1 aliphatic heterocycles. The molecule has 2 atom stereocenters. The fourth-order valence-corrected chi connectivity index (χ4v) is 2.05. The number of piperidine rings is 1. The Balaban J connectivity index is 0.00000256. The van der Waals surface area contributed by atoms with E-state index < -0.39 is 0 Å². The van der Waals surface area contributed by atoms with Crippen LogP contribution in [0, 0.1) is 0 Å². The van der Waals surface area contributed by atoms with E-state index in [4.69, 9.17) is 15.2 Å². The number of nitrogens with two attached hydrogens (primary N) is 1. The lowest BCUT2D eigenvalue weighted by molar-refractivity contribution is -0.141. The summed E-state index contributed by atoms with van der Waals surface area (Å²) in [6.07, 6.45) is 1.93. The topological polar surface area (TPSA) is 64.8 Å². The van der Waals surface area contributed by atoms with E-state index >= 15 is 0 Å². The van der Waals surface area contributed by atoms with E-state index in [0.717, 1.165) is 12.8 Å². The third kappa shape index (κ3) is 4.79.